The molecule has 0 aliphatic heterocycles. The van der Waals surface area contributed by atoms with Crippen molar-refractivity contribution in [1.82, 2.24) is 0 Å². The first kappa shape index (κ1) is 16.4. The fraction of sp³-hybridized carbons (Fsp3) is 0.600. The fourth-order valence-electron chi connectivity index (χ4n) is 2.06. The standard InChI is InChI=1S/C15H23NO4/c1-4-7-20-15-10-12(5-6-14(15)16(18)19)9-13(17)8-11(2)3/h5-6,10-11,13,17H,4,7-9H2,1-3H3. The van der Waals surface area contributed by atoms with Crippen LogP contribution in [0, 0.1) is 16.0 Å². The minimum atomic E-state index is -0.445. The van der Waals surface area contributed by atoms with Crippen molar-refractivity contribution < 1.29 is 14.8 Å². The Kier molecular flexibility index (Phi) is 6.45. The van der Waals surface area contributed by atoms with E-state index >= 15 is 0 Å². The second-order valence-electron chi connectivity index (χ2n) is 5.40. The number of nitro groups is 1. The van der Waals surface area contributed by atoms with Gasteiger partial charge in [0.25, 0.3) is 0 Å². The molecular formula is C15H23NO4. The van der Waals surface area contributed by atoms with Crippen molar-refractivity contribution in [2.24, 2.45) is 5.92 Å². The zero-order valence-corrected chi connectivity index (χ0v) is 12.3. The molecular weight excluding hydrogens is 258 g/mol. The highest BCUT2D eigenvalue weighted by molar-refractivity contribution is 5.48. The number of hydrogen-bond donors (Lipinski definition) is 1. The summed E-state index contributed by atoms with van der Waals surface area (Å²) < 4.78 is 5.43. The maximum atomic E-state index is 10.9. The molecule has 0 saturated carbocycles. The molecule has 20 heavy (non-hydrogen) atoms. The largest absolute Gasteiger partial charge is 0.487 e. The van der Waals surface area contributed by atoms with Gasteiger partial charge in [-0.2, -0.15) is 0 Å². The van der Waals surface area contributed by atoms with Crippen LogP contribution in [0.2, 0.25) is 0 Å². The second-order valence-corrected chi connectivity index (χ2v) is 5.40. The predicted molar refractivity (Wildman–Crippen MR) is 78.0 cm³/mol. The number of rotatable bonds is 8. The number of nitrogens with zero attached hydrogens (tertiary/aromatic N) is 1. The maximum Gasteiger partial charge on any atom is 0.310 e. The molecule has 1 aromatic carbocycles. The highest BCUT2D eigenvalue weighted by atomic mass is 16.6. The Morgan fingerprint density at radius 3 is 2.65 bits per heavy atom. The van der Waals surface area contributed by atoms with Gasteiger partial charge in [-0.05, 0) is 36.8 Å². The van der Waals surface area contributed by atoms with Crippen molar-refractivity contribution in [3.63, 3.8) is 0 Å². The van der Waals surface area contributed by atoms with Gasteiger partial charge in [0.1, 0.15) is 0 Å². The lowest BCUT2D eigenvalue weighted by atomic mass is 9.99. The minimum absolute atomic E-state index is 0.0273. The van der Waals surface area contributed by atoms with Crippen molar-refractivity contribution in [2.45, 2.75) is 46.1 Å². The van der Waals surface area contributed by atoms with Gasteiger partial charge in [-0.3, -0.25) is 10.1 Å². The topological polar surface area (TPSA) is 72.6 Å². The summed E-state index contributed by atoms with van der Waals surface area (Å²) in [7, 11) is 0. The summed E-state index contributed by atoms with van der Waals surface area (Å²) in [6.45, 7) is 6.49. The van der Waals surface area contributed by atoms with E-state index in [-0.39, 0.29) is 11.4 Å². The molecule has 0 spiro atoms. The molecule has 1 atom stereocenters. The van der Waals surface area contributed by atoms with E-state index in [9.17, 15) is 15.2 Å². The first-order valence-electron chi connectivity index (χ1n) is 7.02. The van der Waals surface area contributed by atoms with Crippen molar-refractivity contribution in [2.75, 3.05) is 6.61 Å². The smallest absolute Gasteiger partial charge is 0.310 e. The molecule has 112 valence electrons. The van der Waals surface area contributed by atoms with Crippen LogP contribution in [0.15, 0.2) is 18.2 Å². The third kappa shape index (κ3) is 5.17. The normalized spacial score (nSPS) is 12.4. The SMILES string of the molecule is CCCOc1cc(CC(O)CC(C)C)ccc1[N+](=O)[O-]. The van der Waals surface area contributed by atoms with Gasteiger partial charge < -0.3 is 9.84 Å². The van der Waals surface area contributed by atoms with Crippen LogP contribution in [0.1, 0.15) is 39.2 Å². The first-order valence-corrected chi connectivity index (χ1v) is 7.02. The van der Waals surface area contributed by atoms with Gasteiger partial charge in [0, 0.05) is 6.07 Å². The molecule has 0 saturated heterocycles. The van der Waals surface area contributed by atoms with E-state index in [4.69, 9.17) is 4.74 Å². The van der Waals surface area contributed by atoms with Crippen LogP contribution in [0.4, 0.5) is 5.69 Å². The number of aliphatic hydroxyl groups is 1. The van der Waals surface area contributed by atoms with E-state index < -0.39 is 11.0 Å². The number of ether oxygens (including phenoxy) is 1. The number of nitro benzene ring substituents is 1. The number of hydrogen-bond acceptors (Lipinski definition) is 4. The summed E-state index contributed by atoms with van der Waals surface area (Å²) in [5.41, 5.74) is 0.829. The Labute approximate surface area is 119 Å². The van der Waals surface area contributed by atoms with Gasteiger partial charge in [-0.25, -0.2) is 0 Å². The summed E-state index contributed by atoms with van der Waals surface area (Å²) in [5.74, 6) is 0.699. The first-order chi connectivity index (χ1) is 9.43. The molecule has 0 radical (unpaired) electrons. The fourth-order valence-corrected chi connectivity index (χ4v) is 2.06. The second kappa shape index (κ2) is 7.85. The zero-order chi connectivity index (χ0) is 15.1. The summed E-state index contributed by atoms with van der Waals surface area (Å²) in [5, 5.41) is 20.9. The van der Waals surface area contributed by atoms with Crippen LogP contribution < -0.4 is 4.74 Å². The Morgan fingerprint density at radius 1 is 1.40 bits per heavy atom. The molecule has 0 heterocycles. The zero-order valence-electron chi connectivity index (χ0n) is 12.3. The molecule has 5 nitrogen and oxygen atoms in total. The van der Waals surface area contributed by atoms with Crippen LogP contribution in [-0.4, -0.2) is 22.7 Å². The quantitative estimate of drug-likeness (QED) is 0.586. The van der Waals surface area contributed by atoms with Gasteiger partial charge in [0.15, 0.2) is 5.75 Å². The molecule has 5 heteroatoms. The van der Waals surface area contributed by atoms with Crippen molar-refractivity contribution in [3.05, 3.63) is 33.9 Å². The molecule has 0 aliphatic rings. The molecule has 0 aliphatic carbocycles. The van der Waals surface area contributed by atoms with Crippen molar-refractivity contribution in [1.29, 1.82) is 0 Å². The van der Waals surface area contributed by atoms with Gasteiger partial charge in [-0.1, -0.05) is 26.8 Å². The van der Waals surface area contributed by atoms with Gasteiger partial charge >= 0.3 is 5.69 Å². The van der Waals surface area contributed by atoms with Crippen molar-refractivity contribution >= 4 is 5.69 Å². The van der Waals surface area contributed by atoms with E-state index in [0.717, 1.165) is 12.0 Å². The molecule has 0 aromatic heterocycles. The summed E-state index contributed by atoms with van der Waals surface area (Å²) in [4.78, 5) is 10.5. The number of aliphatic hydroxyl groups excluding tert-OH is 1. The molecule has 0 fully saturated rings. The maximum absolute atomic E-state index is 10.9. The molecule has 0 bridgehead atoms. The number of benzene rings is 1. The lowest BCUT2D eigenvalue weighted by Gasteiger charge is -2.14. The van der Waals surface area contributed by atoms with Crippen LogP contribution in [0.25, 0.3) is 0 Å². The van der Waals surface area contributed by atoms with E-state index in [1.807, 2.05) is 6.92 Å². The van der Waals surface area contributed by atoms with Crippen molar-refractivity contribution in [3.8, 4) is 5.75 Å². The van der Waals surface area contributed by atoms with E-state index in [2.05, 4.69) is 13.8 Å². The Bertz CT molecular complexity index is 445. The van der Waals surface area contributed by atoms with Gasteiger partial charge in [0.2, 0.25) is 0 Å². The third-order valence-electron chi connectivity index (χ3n) is 2.90. The molecule has 1 N–H and O–H groups in total. The van der Waals surface area contributed by atoms with E-state index in [1.54, 1.807) is 12.1 Å². The average Bonchev–Trinajstić information content (AvgIpc) is 2.35. The van der Waals surface area contributed by atoms with E-state index in [1.165, 1.54) is 6.07 Å². The molecule has 1 aromatic rings. The van der Waals surface area contributed by atoms with Crippen LogP contribution in [0.5, 0.6) is 5.75 Å². The summed E-state index contributed by atoms with van der Waals surface area (Å²) >= 11 is 0. The highest BCUT2D eigenvalue weighted by Gasteiger charge is 2.17. The van der Waals surface area contributed by atoms with Gasteiger partial charge in [0.05, 0.1) is 17.6 Å². The Hall–Kier alpha value is -1.62. The minimum Gasteiger partial charge on any atom is -0.487 e. The predicted octanol–water partition coefficient (Wildman–Crippen LogP) is 3.33. The lowest BCUT2D eigenvalue weighted by Crippen LogP contribution is -2.13. The van der Waals surface area contributed by atoms with Gasteiger partial charge in [-0.15, -0.1) is 0 Å². The summed E-state index contributed by atoms with van der Waals surface area (Å²) in [6, 6.07) is 4.79. The molecule has 0 amide bonds. The Morgan fingerprint density at radius 2 is 2.10 bits per heavy atom. The van der Waals surface area contributed by atoms with Crippen LogP contribution in [-0.2, 0) is 6.42 Å². The lowest BCUT2D eigenvalue weighted by molar-refractivity contribution is -0.385. The molecule has 1 rings (SSSR count). The average molecular weight is 281 g/mol. The van der Waals surface area contributed by atoms with Crippen LogP contribution in [0.3, 0.4) is 0 Å². The third-order valence-corrected chi connectivity index (χ3v) is 2.90. The highest BCUT2D eigenvalue weighted by Crippen LogP contribution is 2.29. The monoisotopic (exact) mass is 281 g/mol. The summed E-state index contributed by atoms with van der Waals surface area (Å²) in [6.07, 6.45) is 1.55. The van der Waals surface area contributed by atoms with Crippen LogP contribution >= 0.6 is 0 Å². The molecule has 1 unspecified atom stereocenters. The van der Waals surface area contributed by atoms with E-state index in [0.29, 0.717) is 25.4 Å². The Balaban J connectivity index is 2.85.